The first-order valence-corrected chi connectivity index (χ1v) is 13.3. The van der Waals surface area contributed by atoms with Crippen molar-refractivity contribution in [3.8, 4) is 0 Å². The second-order valence-electron chi connectivity index (χ2n) is 10.2. The SMILES string of the molecule is Cc1cc([C@@H](C)Nc2ccc(F)cc2N2CCN(C(=O)CO)CC2)c2nc(N3CCOCC3)n(C)c(=O)c2c1. The Kier molecular flexibility index (Phi) is 7.72. The summed E-state index contributed by atoms with van der Waals surface area (Å²) in [5.74, 6) is -0.0356. The minimum absolute atomic E-state index is 0.101. The van der Waals surface area contributed by atoms with Crippen molar-refractivity contribution in [1.82, 2.24) is 14.5 Å². The van der Waals surface area contributed by atoms with Crippen LogP contribution in [-0.2, 0) is 16.6 Å². The Morgan fingerprint density at radius 3 is 2.51 bits per heavy atom. The molecule has 3 heterocycles. The van der Waals surface area contributed by atoms with E-state index in [1.807, 2.05) is 30.9 Å². The van der Waals surface area contributed by atoms with Crippen LogP contribution in [0, 0.1) is 12.7 Å². The highest BCUT2D eigenvalue weighted by molar-refractivity contribution is 5.84. The number of benzene rings is 2. The maximum Gasteiger partial charge on any atom is 0.262 e. The van der Waals surface area contributed by atoms with Gasteiger partial charge in [0.2, 0.25) is 11.9 Å². The molecule has 0 saturated carbocycles. The summed E-state index contributed by atoms with van der Waals surface area (Å²) in [4.78, 5) is 36.0. The van der Waals surface area contributed by atoms with Crippen LogP contribution in [-0.4, -0.2) is 84.6 Å². The average Bonchev–Trinajstić information content (AvgIpc) is 2.95. The zero-order valence-electron chi connectivity index (χ0n) is 22.6. The lowest BCUT2D eigenvalue weighted by Gasteiger charge is -2.37. The molecule has 5 rings (SSSR count). The first kappa shape index (κ1) is 26.9. The van der Waals surface area contributed by atoms with Crippen molar-refractivity contribution in [2.45, 2.75) is 19.9 Å². The van der Waals surface area contributed by atoms with Gasteiger partial charge in [0.15, 0.2) is 0 Å². The summed E-state index contributed by atoms with van der Waals surface area (Å²) in [6, 6.07) is 8.31. The lowest BCUT2D eigenvalue weighted by molar-refractivity contribution is -0.134. The van der Waals surface area contributed by atoms with Gasteiger partial charge < -0.3 is 29.9 Å². The van der Waals surface area contributed by atoms with Gasteiger partial charge in [0, 0.05) is 51.9 Å². The van der Waals surface area contributed by atoms with Gasteiger partial charge in [-0.15, -0.1) is 0 Å². The van der Waals surface area contributed by atoms with Crippen molar-refractivity contribution < 1.29 is 19.0 Å². The molecule has 1 amide bonds. The molecule has 2 aliphatic rings. The van der Waals surface area contributed by atoms with Crippen molar-refractivity contribution in [3.05, 3.63) is 57.6 Å². The molecule has 39 heavy (non-hydrogen) atoms. The van der Waals surface area contributed by atoms with E-state index in [0.29, 0.717) is 75.0 Å². The predicted octanol–water partition coefficient (Wildman–Crippen LogP) is 2.03. The number of halogens is 1. The van der Waals surface area contributed by atoms with Crippen LogP contribution in [0.5, 0.6) is 0 Å². The van der Waals surface area contributed by atoms with Gasteiger partial charge in [0.05, 0.1) is 41.5 Å². The van der Waals surface area contributed by atoms with E-state index in [4.69, 9.17) is 9.72 Å². The molecular weight excluding hydrogens is 503 g/mol. The van der Waals surface area contributed by atoms with E-state index >= 15 is 0 Å². The third-order valence-corrected chi connectivity index (χ3v) is 7.53. The molecule has 1 aromatic heterocycles. The van der Waals surface area contributed by atoms with Gasteiger partial charge >= 0.3 is 0 Å². The number of aliphatic hydroxyl groups is 1. The third kappa shape index (κ3) is 5.41. The quantitative estimate of drug-likeness (QED) is 0.492. The second-order valence-corrected chi connectivity index (χ2v) is 10.2. The number of anilines is 3. The highest BCUT2D eigenvalue weighted by Gasteiger charge is 2.25. The van der Waals surface area contributed by atoms with Gasteiger partial charge in [-0.25, -0.2) is 9.37 Å². The Bertz CT molecular complexity index is 1430. The maximum atomic E-state index is 14.4. The number of carbonyl (C=O) groups is 1. The topological polar surface area (TPSA) is 103 Å². The van der Waals surface area contributed by atoms with Crippen molar-refractivity contribution in [3.63, 3.8) is 0 Å². The van der Waals surface area contributed by atoms with Gasteiger partial charge in [-0.1, -0.05) is 6.07 Å². The van der Waals surface area contributed by atoms with Gasteiger partial charge in [0.25, 0.3) is 5.56 Å². The predicted molar refractivity (Wildman–Crippen MR) is 149 cm³/mol. The van der Waals surface area contributed by atoms with Crippen LogP contribution in [0.4, 0.5) is 21.7 Å². The zero-order chi connectivity index (χ0) is 27.7. The van der Waals surface area contributed by atoms with Crippen molar-refractivity contribution >= 4 is 34.1 Å². The first-order valence-electron chi connectivity index (χ1n) is 13.3. The summed E-state index contributed by atoms with van der Waals surface area (Å²) < 4.78 is 21.5. The normalized spacial score (nSPS) is 17.0. The van der Waals surface area contributed by atoms with E-state index in [2.05, 4.69) is 10.2 Å². The standard InChI is InChI=1S/C28H35FN6O4/c1-18-14-21(26-22(15-18)27(38)32(3)28(31-26)35-10-12-39-13-11-35)19(2)30-23-5-4-20(29)16-24(23)33-6-8-34(9-7-33)25(37)17-36/h4-5,14-16,19,30,36H,6-13,17H2,1-3H3/t19-/m1/s1. The Morgan fingerprint density at radius 1 is 1.10 bits per heavy atom. The maximum absolute atomic E-state index is 14.4. The highest BCUT2D eigenvalue weighted by Crippen LogP contribution is 2.33. The Morgan fingerprint density at radius 2 is 1.82 bits per heavy atom. The molecule has 2 saturated heterocycles. The van der Waals surface area contributed by atoms with E-state index in [9.17, 15) is 19.1 Å². The lowest BCUT2D eigenvalue weighted by Crippen LogP contribution is -2.49. The van der Waals surface area contributed by atoms with E-state index in [1.165, 1.54) is 12.1 Å². The summed E-state index contributed by atoms with van der Waals surface area (Å²) >= 11 is 0. The minimum Gasteiger partial charge on any atom is -0.387 e. The molecule has 1 atom stereocenters. The molecule has 2 aromatic carbocycles. The van der Waals surface area contributed by atoms with Crippen LogP contribution in [0.3, 0.4) is 0 Å². The number of morpholine rings is 1. The molecular formula is C28H35FN6O4. The molecule has 0 unspecified atom stereocenters. The van der Waals surface area contributed by atoms with Crippen LogP contribution >= 0.6 is 0 Å². The van der Waals surface area contributed by atoms with E-state index in [1.54, 1.807) is 22.6 Å². The van der Waals surface area contributed by atoms with Crippen LogP contribution in [0.15, 0.2) is 35.1 Å². The molecule has 0 radical (unpaired) electrons. The molecule has 0 bridgehead atoms. The number of hydrogen-bond acceptors (Lipinski definition) is 8. The van der Waals surface area contributed by atoms with Gasteiger partial charge in [-0.3, -0.25) is 14.2 Å². The lowest BCUT2D eigenvalue weighted by atomic mass is 10.0. The first-order chi connectivity index (χ1) is 18.8. The largest absolute Gasteiger partial charge is 0.387 e. The number of ether oxygens (including phenoxy) is 1. The van der Waals surface area contributed by atoms with Gasteiger partial charge in [0.1, 0.15) is 12.4 Å². The number of aryl methyl sites for hydroxylation is 1. The average molecular weight is 539 g/mol. The van der Waals surface area contributed by atoms with Crippen molar-refractivity contribution in [2.24, 2.45) is 7.05 Å². The number of nitrogens with zero attached hydrogens (tertiary/aromatic N) is 5. The number of hydrogen-bond donors (Lipinski definition) is 2. The van der Waals surface area contributed by atoms with Crippen LogP contribution in [0.2, 0.25) is 0 Å². The van der Waals surface area contributed by atoms with Crippen LogP contribution in [0.1, 0.15) is 24.1 Å². The van der Waals surface area contributed by atoms with Crippen molar-refractivity contribution in [2.75, 3.05) is 74.2 Å². The van der Waals surface area contributed by atoms with Crippen molar-refractivity contribution in [1.29, 1.82) is 0 Å². The number of piperazine rings is 1. The van der Waals surface area contributed by atoms with Gasteiger partial charge in [-0.05, 0) is 43.7 Å². The minimum atomic E-state index is -0.515. The second kappa shape index (κ2) is 11.2. The number of aliphatic hydroxyl groups excluding tert-OH is 1. The number of amides is 1. The third-order valence-electron chi connectivity index (χ3n) is 7.53. The highest BCUT2D eigenvalue weighted by atomic mass is 19.1. The van der Waals surface area contributed by atoms with E-state index < -0.39 is 6.61 Å². The summed E-state index contributed by atoms with van der Waals surface area (Å²) in [5.41, 5.74) is 3.82. The Labute approximate surface area is 226 Å². The fourth-order valence-electron chi connectivity index (χ4n) is 5.41. The number of aromatic nitrogens is 2. The smallest absolute Gasteiger partial charge is 0.262 e. The molecule has 3 aromatic rings. The molecule has 0 aliphatic carbocycles. The number of fused-ring (bicyclic) bond motifs is 1. The molecule has 2 aliphatic heterocycles. The zero-order valence-corrected chi connectivity index (χ0v) is 22.6. The molecule has 208 valence electrons. The summed E-state index contributed by atoms with van der Waals surface area (Å²) in [7, 11) is 1.75. The Balaban J connectivity index is 1.48. The monoisotopic (exact) mass is 538 g/mol. The summed E-state index contributed by atoms with van der Waals surface area (Å²) in [5, 5.41) is 13.3. The molecule has 0 spiro atoms. The van der Waals surface area contributed by atoms with Crippen LogP contribution in [0.25, 0.3) is 10.9 Å². The molecule has 10 nitrogen and oxygen atoms in total. The molecule has 2 fully saturated rings. The molecule has 11 heteroatoms. The number of nitrogens with one attached hydrogen (secondary N) is 1. The number of carbonyl (C=O) groups excluding carboxylic acids is 1. The number of rotatable bonds is 6. The van der Waals surface area contributed by atoms with Gasteiger partial charge in [-0.2, -0.15) is 0 Å². The molecule has 2 N–H and O–H groups in total. The summed E-state index contributed by atoms with van der Waals surface area (Å²) in [6.07, 6.45) is 0. The summed E-state index contributed by atoms with van der Waals surface area (Å²) in [6.45, 7) is 7.89. The van der Waals surface area contributed by atoms with E-state index in [-0.39, 0.29) is 23.3 Å². The fourth-order valence-corrected chi connectivity index (χ4v) is 5.41. The Hall–Kier alpha value is -3.70. The fraction of sp³-hybridized carbons (Fsp3) is 0.464. The van der Waals surface area contributed by atoms with E-state index in [0.717, 1.165) is 16.8 Å². The van der Waals surface area contributed by atoms with Crippen LogP contribution < -0.4 is 20.7 Å².